The molecule has 3 heterocycles. The first-order valence-electron chi connectivity index (χ1n) is 9.74. The van der Waals surface area contributed by atoms with E-state index >= 15 is 0 Å². The normalized spacial score (nSPS) is 13.0. The summed E-state index contributed by atoms with van der Waals surface area (Å²) in [5.41, 5.74) is 8.19. The van der Waals surface area contributed by atoms with Crippen molar-refractivity contribution in [3.63, 3.8) is 0 Å². The zero-order valence-corrected chi connectivity index (χ0v) is 16.9. The third-order valence-corrected chi connectivity index (χ3v) is 5.47. The third-order valence-electron chi connectivity index (χ3n) is 5.47. The van der Waals surface area contributed by atoms with Gasteiger partial charge >= 0.3 is 0 Å². The molecule has 1 amide bonds. The van der Waals surface area contributed by atoms with Crippen LogP contribution in [0.25, 0.3) is 28.1 Å². The summed E-state index contributed by atoms with van der Waals surface area (Å²) in [6.45, 7) is 5.05. The van der Waals surface area contributed by atoms with Crippen LogP contribution in [0.3, 0.4) is 0 Å². The molecule has 148 valence electrons. The molecule has 6 nitrogen and oxygen atoms in total. The summed E-state index contributed by atoms with van der Waals surface area (Å²) in [4.78, 5) is 28.5. The number of carbonyl (C=O) groups is 1. The average Bonchev–Trinajstić information content (AvgIpc) is 3.34. The second-order valence-corrected chi connectivity index (χ2v) is 7.59. The lowest BCUT2D eigenvalue weighted by Gasteiger charge is -2.18. The number of nitrogens with one attached hydrogen (secondary N) is 1. The van der Waals surface area contributed by atoms with E-state index in [1.807, 2.05) is 42.6 Å². The number of aromatic nitrogens is 3. The van der Waals surface area contributed by atoms with Gasteiger partial charge in [0.25, 0.3) is 5.91 Å². The minimum atomic E-state index is -0.0249. The Morgan fingerprint density at radius 3 is 2.63 bits per heavy atom. The highest BCUT2D eigenvalue weighted by Gasteiger charge is 2.26. The maximum absolute atomic E-state index is 12.1. The molecular formula is C24H21N5O. The van der Waals surface area contributed by atoms with E-state index in [1.165, 1.54) is 5.56 Å². The van der Waals surface area contributed by atoms with Crippen molar-refractivity contribution in [3.05, 3.63) is 84.2 Å². The Morgan fingerprint density at radius 2 is 1.90 bits per heavy atom. The van der Waals surface area contributed by atoms with E-state index in [1.54, 1.807) is 25.2 Å². The van der Waals surface area contributed by atoms with Crippen molar-refractivity contribution >= 4 is 28.5 Å². The molecule has 0 unspecified atom stereocenters. The second-order valence-electron chi connectivity index (χ2n) is 7.59. The van der Waals surface area contributed by atoms with E-state index in [4.69, 9.17) is 4.98 Å². The zero-order chi connectivity index (χ0) is 20.8. The summed E-state index contributed by atoms with van der Waals surface area (Å²) in [5, 5.41) is 0. The molecule has 0 bridgehead atoms. The van der Waals surface area contributed by atoms with Gasteiger partial charge in [-0.15, -0.1) is 0 Å². The molecule has 4 aromatic rings. The number of aromatic amines is 1. The Kier molecular flexibility index (Phi) is 4.13. The molecule has 0 saturated carbocycles. The molecule has 0 saturated heterocycles. The first-order chi connectivity index (χ1) is 14.5. The fraction of sp³-hybridized carbons (Fsp3) is 0.125. The van der Waals surface area contributed by atoms with Crippen LogP contribution in [-0.2, 0) is 6.54 Å². The molecule has 0 radical (unpaired) electrons. The quantitative estimate of drug-likeness (QED) is 0.561. The van der Waals surface area contributed by atoms with Gasteiger partial charge in [0.1, 0.15) is 5.52 Å². The monoisotopic (exact) mass is 395 g/mol. The summed E-state index contributed by atoms with van der Waals surface area (Å²) in [6, 6.07) is 15.8. The van der Waals surface area contributed by atoms with E-state index < -0.39 is 0 Å². The molecule has 1 aliphatic rings. The second kappa shape index (κ2) is 6.84. The van der Waals surface area contributed by atoms with E-state index in [-0.39, 0.29) is 5.91 Å². The van der Waals surface area contributed by atoms with Crippen molar-refractivity contribution in [2.45, 2.75) is 6.54 Å². The Labute approximate surface area is 174 Å². The lowest BCUT2D eigenvalue weighted by molar-refractivity contribution is 0.0827. The van der Waals surface area contributed by atoms with Crippen molar-refractivity contribution in [2.24, 2.45) is 0 Å². The molecule has 2 aromatic heterocycles. The molecule has 1 N–H and O–H groups in total. The highest BCUT2D eigenvalue weighted by molar-refractivity contribution is 5.96. The van der Waals surface area contributed by atoms with Crippen molar-refractivity contribution in [3.8, 4) is 11.3 Å². The van der Waals surface area contributed by atoms with Crippen molar-refractivity contribution in [1.29, 1.82) is 0 Å². The standard InChI is InChI=1S/C24H21N5O/c1-15-19-7-5-4-6-18(19)14-29(15)21-13-26-23-22(21)27-20(12-25-23)16-8-10-17(11-9-16)24(30)28(2)3/h4-13H,1,14H2,2-3H3,(H,25,26). The van der Waals surface area contributed by atoms with Gasteiger partial charge in [0, 0.05) is 49.2 Å². The summed E-state index contributed by atoms with van der Waals surface area (Å²) in [7, 11) is 3.49. The lowest BCUT2D eigenvalue weighted by atomic mass is 10.1. The van der Waals surface area contributed by atoms with Crippen molar-refractivity contribution < 1.29 is 4.79 Å². The molecule has 6 heteroatoms. The molecule has 5 rings (SSSR count). The fourth-order valence-corrected chi connectivity index (χ4v) is 3.85. The van der Waals surface area contributed by atoms with Gasteiger partial charge in [-0.05, 0) is 17.7 Å². The maximum atomic E-state index is 12.1. The lowest BCUT2D eigenvalue weighted by Crippen LogP contribution is -2.21. The van der Waals surface area contributed by atoms with Crippen LogP contribution in [0.15, 0.2) is 67.5 Å². The zero-order valence-electron chi connectivity index (χ0n) is 16.9. The van der Waals surface area contributed by atoms with E-state index in [2.05, 4.69) is 33.6 Å². The van der Waals surface area contributed by atoms with Crippen LogP contribution >= 0.6 is 0 Å². The number of benzene rings is 2. The van der Waals surface area contributed by atoms with Gasteiger partial charge in [0.2, 0.25) is 0 Å². The van der Waals surface area contributed by atoms with E-state index in [0.29, 0.717) is 5.56 Å². The van der Waals surface area contributed by atoms with Crippen LogP contribution in [0, 0.1) is 0 Å². The Morgan fingerprint density at radius 1 is 1.13 bits per heavy atom. The Balaban J connectivity index is 1.52. The van der Waals surface area contributed by atoms with Crippen LogP contribution in [0.5, 0.6) is 0 Å². The number of hydrogen-bond donors (Lipinski definition) is 1. The van der Waals surface area contributed by atoms with Gasteiger partial charge in [-0.25, -0.2) is 9.97 Å². The largest absolute Gasteiger partial charge is 0.345 e. The van der Waals surface area contributed by atoms with Gasteiger partial charge in [-0.1, -0.05) is 43.0 Å². The molecule has 0 atom stereocenters. The predicted octanol–water partition coefficient (Wildman–Crippen LogP) is 4.32. The van der Waals surface area contributed by atoms with Crippen LogP contribution in [0.1, 0.15) is 21.5 Å². The van der Waals surface area contributed by atoms with E-state index in [0.717, 1.165) is 45.9 Å². The highest BCUT2D eigenvalue weighted by Crippen LogP contribution is 2.38. The fourth-order valence-electron chi connectivity index (χ4n) is 3.85. The van der Waals surface area contributed by atoms with Crippen molar-refractivity contribution in [2.75, 3.05) is 19.0 Å². The predicted molar refractivity (Wildman–Crippen MR) is 119 cm³/mol. The van der Waals surface area contributed by atoms with Gasteiger partial charge < -0.3 is 14.8 Å². The summed E-state index contributed by atoms with van der Waals surface area (Å²) >= 11 is 0. The number of H-pyrrole nitrogens is 1. The minimum Gasteiger partial charge on any atom is -0.345 e. The number of anilines is 1. The Hall–Kier alpha value is -3.93. The molecule has 2 aromatic carbocycles. The topological polar surface area (TPSA) is 65.1 Å². The number of nitrogens with zero attached hydrogens (tertiary/aromatic N) is 4. The molecule has 0 spiro atoms. The van der Waals surface area contributed by atoms with Crippen LogP contribution in [-0.4, -0.2) is 39.9 Å². The number of carbonyl (C=O) groups excluding carboxylic acids is 1. The van der Waals surface area contributed by atoms with Crippen molar-refractivity contribution in [1.82, 2.24) is 19.9 Å². The summed E-state index contributed by atoms with van der Waals surface area (Å²) < 4.78 is 0. The smallest absolute Gasteiger partial charge is 0.253 e. The molecule has 30 heavy (non-hydrogen) atoms. The van der Waals surface area contributed by atoms with Gasteiger partial charge in [-0.2, -0.15) is 0 Å². The summed E-state index contributed by atoms with van der Waals surface area (Å²) in [6.07, 6.45) is 3.68. The number of amides is 1. The molecule has 1 aliphatic heterocycles. The average molecular weight is 395 g/mol. The minimum absolute atomic E-state index is 0.0249. The summed E-state index contributed by atoms with van der Waals surface area (Å²) in [5.74, 6) is -0.0249. The molecule has 0 aliphatic carbocycles. The maximum Gasteiger partial charge on any atom is 0.253 e. The SMILES string of the molecule is C=C1c2ccccc2CN1c1c[nH]c2ncc(-c3ccc(C(=O)N(C)C)cc3)nc12. The number of hydrogen-bond acceptors (Lipinski definition) is 4. The van der Waals surface area contributed by atoms with Gasteiger partial charge in [0.15, 0.2) is 5.65 Å². The first kappa shape index (κ1) is 18.1. The van der Waals surface area contributed by atoms with Gasteiger partial charge in [0.05, 0.1) is 17.6 Å². The highest BCUT2D eigenvalue weighted by atomic mass is 16.2. The Bertz CT molecular complexity index is 1290. The number of rotatable bonds is 3. The number of fused-ring (bicyclic) bond motifs is 2. The van der Waals surface area contributed by atoms with Gasteiger partial charge in [-0.3, -0.25) is 4.79 Å². The third kappa shape index (κ3) is 2.85. The van der Waals surface area contributed by atoms with Crippen LogP contribution in [0.2, 0.25) is 0 Å². The first-order valence-corrected chi connectivity index (χ1v) is 9.74. The molecular weight excluding hydrogens is 374 g/mol. The molecule has 0 fully saturated rings. The van der Waals surface area contributed by atoms with E-state index in [9.17, 15) is 4.79 Å². The van der Waals surface area contributed by atoms with Crippen LogP contribution in [0.4, 0.5) is 5.69 Å². The van der Waals surface area contributed by atoms with Crippen LogP contribution < -0.4 is 4.90 Å².